The van der Waals surface area contributed by atoms with Gasteiger partial charge in [0.2, 0.25) is 0 Å². The topological polar surface area (TPSA) is 63.2 Å². The molecule has 0 aromatic carbocycles. The molecule has 128 valence electrons. The van der Waals surface area contributed by atoms with Crippen LogP contribution in [-0.2, 0) is 14.3 Å². The third kappa shape index (κ3) is 7.11. The monoisotopic (exact) mass is 313 g/mol. The first-order valence-corrected chi connectivity index (χ1v) is 8.35. The lowest BCUT2D eigenvalue weighted by Crippen LogP contribution is -2.47. The molecule has 0 aliphatic carbocycles. The summed E-state index contributed by atoms with van der Waals surface area (Å²) in [5.41, 5.74) is 0. The molecule has 6 nitrogen and oxygen atoms in total. The van der Waals surface area contributed by atoms with Crippen molar-refractivity contribution in [3.63, 3.8) is 0 Å². The van der Waals surface area contributed by atoms with Crippen LogP contribution in [0.3, 0.4) is 0 Å². The van der Waals surface area contributed by atoms with Gasteiger partial charge in [0.25, 0.3) is 0 Å². The number of unbranched alkanes of at least 4 members (excludes halogenated alkanes) is 2. The maximum Gasteiger partial charge on any atom is 0.305 e. The Labute approximate surface area is 134 Å². The molecular formula is C16H31N3O3. The van der Waals surface area contributed by atoms with Gasteiger partial charge in [-0.1, -0.05) is 6.42 Å². The summed E-state index contributed by atoms with van der Waals surface area (Å²) in [6, 6.07) is 0. The average Bonchev–Trinajstić information content (AvgIpc) is 2.55. The van der Waals surface area contributed by atoms with E-state index in [4.69, 9.17) is 4.74 Å². The number of guanidine groups is 1. The van der Waals surface area contributed by atoms with E-state index in [0.717, 1.165) is 64.3 Å². The first-order chi connectivity index (χ1) is 10.7. The van der Waals surface area contributed by atoms with Crippen LogP contribution in [0.2, 0.25) is 0 Å². The number of nitrogens with one attached hydrogen (secondary N) is 1. The quantitative estimate of drug-likeness (QED) is 0.320. The summed E-state index contributed by atoms with van der Waals surface area (Å²) < 4.78 is 10.3. The number of piperidine rings is 1. The van der Waals surface area contributed by atoms with Gasteiger partial charge >= 0.3 is 5.97 Å². The van der Waals surface area contributed by atoms with E-state index in [1.54, 1.807) is 0 Å². The lowest BCUT2D eigenvalue weighted by Gasteiger charge is -2.34. The van der Waals surface area contributed by atoms with Crippen LogP contribution in [0.1, 0.15) is 45.4 Å². The van der Waals surface area contributed by atoms with E-state index < -0.39 is 0 Å². The molecule has 1 N–H and O–H groups in total. The number of carbonyl (C=O) groups excluding carboxylic acids is 1. The predicted molar refractivity (Wildman–Crippen MR) is 88.1 cm³/mol. The highest BCUT2D eigenvalue weighted by Crippen LogP contribution is 2.13. The Morgan fingerprint density at radius 2 is 2.00 bits per heavy atom. The van der Waals surface area contributed by atoms with E-state index >= 15 is 0 Å². The highest BCUT2D eigenvalue weighted by Gasteiger charge is 2.21. The Kier molecular flexibility index (Phi) is 9.62. The van der Waals surface area contributed by atoms with Gasteiger partial charge in [0.05, 0.1) is 13.2 Å². The van der Waals surface area contributed by atoms with Crippen LogP contribution in [0.5, 0.6) is 0 Å². The van der Waals surface area contributed by atoms with Crippen LogP contribution in [0, 0.1) is 0 Å². The number of ether oxygens (including phenoxy) is 2. The molecular weight excluding hydrogens is 282 g/mol. The maximum absolute atomic E-state index is 11.0. The van der Waals surface area contributed by atoms with Crippen molar-refractivity contribution in [3.05, 3.63) is 0 Å². The minimum absolute atomic E-state index is 0.124. The van der Waals surface area contributed by atoms with Gasteiger partial charge in [-0.25, -0.2) is 0 Å². The van der Waals surface area contributed by atoms with Crippen LogP contribution in [0.25, 0.3) is 0 Å². The van der Waals surface area contributed by atoms with Gasteiger partial charge < -0.3 is 19.7 Å². The van der Waals surface area contributed by atoms with E-state index in [2.05, 4.69) is 19.9 Å². The summed E-state index contributed by atoms with van der Waals surface area (Å²) in [5.74, 6) is 0.851. The summed E-state index contributed by atoms with van der Waals surface area (Å²) in [7, 11) is 3.26. The molecule has 0 aromatic rings. The zero-order valence-electron chi connectivity index (χ0n) is 14.3. The van der Waals surface area contributed by atoms with Gasteiger partial charge in [-0.2, -0.15) is 0 Å². The van der Waals surface area contributed by atoms with Gasteiger partial charge in [-0.05, 0) is 32.6 Å². The van der Waals surface area contributed by atoms with E-state index in [1.165, 1.54) is 7.11 Å². The lowest BCUT2D eigenvalue weighted by atomic mass is 10.1. The fraction of sp³-hybridized carbons (Fsp3) is 0.875. The number of aliphatic imine (C=N–C) groups is 1. The van der Waals surface area contributed by atoms with Crippen molar-refractivity contribution in [3.8, 4) is 0 Å². The zero-order valence-corrected chi connectivity index (χ0v) is 14.3. The molecule has 0 radical (unpaired) electrons. The standard InChI is InChI=1S/C16H31N3O3/c1-4-22-14-9-12-19(13-10-14)16(17-2)18-11-7-5-6-8-15(20)21-3/h14H,4-13H2,1-3H3,(H,17,18). The van der Waals surface area contributed by atoms with Gasteiger partial charge in [0, 0.05) is 39.7 Å². The van der Waals surface area contributed by atoms with Crippen molar-refractivity contribution >= 4 is 11.9 Å². The van der Waals surface area contributed by atoms with Crippen molar-refractivity contribution in [2.45, 2.75) is 51.6 Å². The third-order valence-electron chi connectivity index (χ3n) is 3.92. The number of nitrogens with zero attached hydrogens (tertiary/aromatic N) is 2. The smallest absolute Gasteiger partial charge is 0.305 e. The Hall–Kier alpha value is -1.30. The van der Waals surface area contributed by atoms with Crippen molar-refractivity contribution in [1.29, 1.82) is 0 Å². The Morgan fingerprint density at radius 3 is 2.59 bits per heavy atom. The average molecular weight is 313 g/mol. The highest BCUT2D eigenvalue weighted by atomic mass is 16.5. The Bertz CT molecular complexity index is 340. The van der Waals surface area contributed by atoms with Crippen molar-refractivity contribution in [2.24, 2.45) is 4.99 Å². The van der Waals surface area contributed by atoms with Crippen LogP contribution < -0.4 is 5.32 Å². The number of hydrogen-bond acceptors (Lipinski definition) is 4. The molecule has 0 saturated carbocycles. The fourth-order valence-electron chi connectivity index (χ4n) is 2.68. The molecule has 1 aliphatic rings. The summed E-state index contributed by atoms with van der Waals surface area (Å²) >= 11 is 0. The maximum atomic E-state index is 11.0. The second kappa shape index (κ2) is 11.3. The summed E-state index contributed by atoms with van der Waals surface area (Å²) in [4.78, 5) is 17.7. The number of likely N-dealkylation sites (tertiary alicyclic amines) is 1. The second-order valence-corrected chi connectivity index (χ2v) is 5.50. The van der Waals surface area contributed by atoms with Gasteiger partial charge in [0.15, 0.2) is 5.96 Å². The summed E-state index contributed by atoms with van der Waals surface area (Å²) in [6.07, 6.45) is 5.97. The van der Waals surface area contributed by atoms with Crippen LogP contribution >= 0.6 is 0 Å². The Balaban J connectivity index is 2.14. The lowest BCUT2D eigenvalue weighted by molar-refractivity contribution is -0.140. The number of esters is 1. The van der Waals surface area contributed by atoms with Crippen LogP contribution in [0.15, 0.2) is 4.99 Å². The molecule has 1 rings (SSSR count). The number of methoxy groups -OCH3 is 1. The van der Waals surface area contributed by atoms with E-state index in [0.29, 0.717) is 12.5 Å². The summed E-state index contributed by atoms with van der Waals surface area (Å²) in [5, 5.41) is 3.41. The van der Waals surface area contributed by atoms with Gasteiger partial charge in [-0.3, -0.25) is 9.79 Å². The van der Waals surface area contributed by atoms with Crippen LogP contribution in [-0.4, -0.2) is 63.3 Å². The van der Waals surface area contributed by atoms with E-state index in [9.17, 15) is 4.79 Å². The molecule has 0 bridgehead atoms. The van der Waals surface area contributed by atoms with Crippen molar-refractivity contribution in [1.82, 2.24) is 10.2 Å². The summed E-state index contributed by atoms with van der Waals surface area (Å²) in [6.45, 7) is 5.72. The molecule has 6 heteroatoms. The molecule has 1 heterocycles. The molecule has 0 aromatic heterocycles. The number of hydrogen-bond donors (Lipinski definition) is 1. The minimum atomic E-state index is -0.124. The highest BCUT2D eigenvalue weighted by molar-refractivity contribution is 5.79. The predicted octanol–water partition coefficient (Wildman–Crippen LogP) is 1.80. The first-order valence-electron chi connectivity index (χ1n) is 8.35. The van der Waals surface area contributed by atoms with E-state index in [-0.39, 0.29) is 5.97 Å². The number of carbonyl (C=O) groups is 1. The third-order valence-corrected chi connectivity index (χ3v) is 3.92. The van der Waals surface area contributed by atoms with Gasteiger partial charge in [-0.15, -0.1) is 0 Å². The molecule has 0 atom stereocenters. The normalized spacial score (nSPS) is 16.7. The van der Waals surface area contributed by atoms with Crippen molar-refractivity contribution < 1.29 is 14.3 Å². The molecule has 1 aliphatic heterocycles. The fourth-order valence-corrected chi connectivity index (χ4v) is 2.68. The first kappa shape index (κ1) is 18.7. The van der Waals surface area contributed by atoms with Gasteiger partial charge in [0.1, 0.15) is 0 Å². The van der Waals surface area contributed by atoms with Crippen molar-refractivity contribution in [2.75, 3.05) is 40.4 Å². The molecule has 1 fully saturated rings. The molecule has 0 spiro atoms. The SMILES string of the molecule is CCOC1CCN(C(=NC)NCCCCCC(=O)OC)CC1. The largest absolute Gasteiger partial charge is 0.469 e. The number of rotatable bonds is 8. The molecule has 0 amide bonds. The zero-order chi connectivity index (χ0) is 16.2. The Morgan fingerprint density at radius 1 is 1.27 bits per heavy atom. The second-order valence-electron chi connectivity index (χ2n) is 5.50. The minimum Gasteiger partial charge on any atom is -0.469 e. The van der Waals surface area contributed by atoms with Crippen LogP contribution in [0.4, 0.5) is 0 Å². The van der Waals surface area contributed by atoms with E-state index in [1.807, 2.05) is 14.0 Å². The molecule has 1 saturated heterocycles. The molecule has 22 heavy (non-hydrogen) atoms. The molecule has 0 unspecified atom stereocenters.